The Kier molecular flexibility index (Phi) is 4.75. The first-order valence-corrected chi connectivity index (χ1v) is 6.51. The van der Waals surface area contributed by atoms with Gasteiger partial charge >= 0.3 is 0 Å². The summed E-state index contributed by atoms with van der Waals surface area (Å²) in [6, 6.07) is 8.79. The van der Waals surface area contributed by atoms with Crippen LogP contribution in [-0.2, 0) is 6.61 Å². The molecule has 2 aromatic rings. The monoisotopic (exact) mass is 293 g/mol. The number of rotatable bonds is 5. The van der Waals surface area contributed by atoms with E-state index >= 15 is 0 Å². The van der Waals surface area contributed by atoms with Crippen LogP contribution in [0.5, 0.6) is 11.5 Å². The Morgan fingerprint density at radius 2 is 1.86 bits per heavy atom. The first kappa shape index (κ1) is 15.3. The van der Waals surface area contributed by atoms with Crippen molar-refractivity contribution < 1.29 is 18.3 Å². The smallest absolute Gasteiger partial charge is 0.159 e. The molecular formula is C16H17F2NO2. The van der Waals surface area contributed by atoms with Crippen molar-refractivity contribution in [3.05, 3.63) is 59.2 Å². The molecule has 0 aliphatic rings. The molecule has 0 bridgehead atoms. The summed E-state index contributed by atoms with van der Waals surface area (Å²) in [5.74, 6) is -0.570. The topological polar surface area (TPSA) is 44.5 Å². The van der Waals surface area contributed by atoms with Gasteiger partial charge in [0.15, 0.2) is 11.6 Å². The fourth-order valence-corrected chi connectivity index (χ4v) is 1.93. The third kappa shape index (κ3) is 3.70. The van der Waals surface area contributed by atoms with Crippen molar-refractivity contribution in [2.45, 2.75) is 19.6 Å². The largest absolute Gasteiger partial charge is 0.497 e. The van der Waals surface area contributed by atoms with E-state index in [0.29, 0.717) is 17.1 Å². The van der Waals surface area contributed by atoms with Gasteiger partial charge in [0, 0.05) is 17.7 Å². The molecule has 112 valence electrons. The molecule has 0 aliphatic carbocycles. The molecule has 2 rings (SSSR count). The predicted octanol–water partition coefficient (Wildman–Crippen LogP) is 3.57. The average Bonchev–Trinajstić information content (AvgIpc) is 2.48. The second-order valence-corrected chi connectivity index (χ2v) is 4.73. The van der Waals surface area contributed by atoms with E-state index in [-0.39, 0.29) is 12.6 Å². The second kappa shape index (κ2) is 6.54. The molecule has 0 aliphatic heterocycles. The minimum atomic E-state index is -0.894. The van der Waals surface area contributed by atoms with Gasteiger partial charge in [-0.15, -0.1) is 0 Å². The van der Waals surface area contributed by atoms with Gasteiger partial charge in [-0.3, -0.25) is 0 Å². The van der Waals surface area contributed by atoms with Gasteiger partial charge < -0.3 is 15.2 Å². The maximum Gasteiger partial charge on any atom is 0.159 e. The molecular weight excluding hydrogens is 276 g/mol. The number of benzene rings is 2. The number of methoxy groups -OCH3 is 1. The Hall–Kier alpha value is -2.14. The van der Waals surface area contributed by atoms with Gasteiger partial charge in [0.05, 0.1) is 7.11 Å². The number of nitrogens with two attached hydrogens (primary N) is 1. The van der Waals surface area contributed by atoms with Crippen molar-refractivity contribution in [1.29, 1.82) is 0 Å². The molecule has 5 heteroatoms. The summed E-state index contributed by atoms with van der Waals surface area (Å²) in [4.78, 5) is 0. The molecule has 0 spiro atoms. The Balaban J connectivity index is 2.19. The Bertz CT molecular complexity index is 630. The highest BCUT2D eigenvalue weighted by Gasteiger charge is 2.10. The van der Waals surface area contributed by atoms with Crippen molar-refractivity contribution in [2.24, 2.45) is 5.73 Å². The van der Waals surface area contributed by atoms with Crippen LogP contribution in [0, 0.1) is 11.6 Å². The van der Waals surface area contributed by atoms with E-state index < -0.39 is 11.6 Å². The molecule has 3 nitrogen and oxygen atoms in total. The highest BCUT2D eigenvalue weighted by molar-refractivity contribution is 5.42. The van der Waals surface area contributed by atoms with Crippen LogP contribution in [0.3, 0.4) is 0 Å². The van der Waals surface area contributed by atoms with Crippen LogP contribution < -0.4 is 15.2 Å². The van der Waals surface area contributed by atoms with Crippen molar-refractivity contribution in [1.82, 2.24) is 0 Å². The fraction of sp³-hybridized carbons (Fsp3) is 0.250. The normalized spacial score (nSPS) is 12.0. The van der Waals surface area contributed by atoms with Crippen molar-refractivity contribution >= 4 is 0 Å². The summed E-state index contributed by atoms with van der Waals surface area (Å²) >= 11 is 0. The van der Waals surface area contributed by atoms with Gasteiger partial charge in [0.1, 0.15) is 18.1 Å². The summed E-state index contributed by atoms with van der Waals surface area (Å²) in [5, 5.41) is 0. The van der Waals surface area contributed by atoms with E-state index in [1.165, 1.54) is 6.07 Å². The van der Waals surface area contributed by atoms with Gasteiger partial charge in [-0.05, 0) is 30.7 Å². The molecule has 0 saturated carbocycles. The number of halogens is 2. The lowest BCUT2D eigenvalue weighted by Crippen LogP contribution is -2.08. The summed E-state index contributed by atoms with van der Waals surface area (Å²) < 4.78 is 36.9. The third-order valence-corrected chi connectivity index (χ3v) is 3.09. The quantitative estimate of drug-likeness (QED) is 0.916. The molecule has 21 heavy (non-hydrogen) atoms. The predicted molar refractivity (Wildman–Crippen MR) is 76.3 cm³/mol. The first-order valence-electron chi connectivity index (χ1n) is 6.51. The fourth-order valence-electron chi connectivity index (χ4n) is 1.93. The highest BCUT2D eigenvalue weighted by Crippen LogP contribution is 2.29. The molecule has 0 heterocycles. The van der Waals surface area contributed by atoms with Crippen LogP contribution in [0.15, 0.2) is 36.4 Å². The van der Waals surface area contributed by atoms with Crippen LogP contribution in [0.2, 0.25) is 0 Å². The summed E-state index contributed by atoms with van der Waals surface area (Å²) in [7, 11) is 1.56. The minimum Gasteiger partial charge on any atom is -0.497 e. The SMILES string of the molecule is COc1ccc([C@@H](C)N)c(OCc2ccc(F)c(F)c2)c1. The lowest BCUT2D eigenvalue weighted by Gasteiger charge is -2.15. The van der Waals surface area contributed by atoms with E-state index in [1.807, 2.05) is 13.0 Å². The van der Waals surface area contributed by atoms with Gasteiger partial charge in [0.25, 0.3) is 0 Å². The maximum absolute atomic E-state index is 13.2. The molecule has 0 fully saturated rings. The van der Waals surface area contributed by atoms with Crippen molar-refractivity contribution in [3.63, 3.8) is 0 Å². The molecule has 0 unspecified atom stereocenters. The summed E-state index contributed by atoms with van der Waals surface area (Å²) in [6.07, 6.45) is 0. The molecule has 0 radical (unpaired) electrons. The highest BCUT2D eigenvalue weighted by atomic mass is 19.2. The Morgan fingerprint density at radius 3 is 2.48 bits per heavy atom. The maximum atomic E-state index is 13.2. The molecule has 2 N–H and O–H groups in total. The van der Waals surface area contributed by atoms with Gasteiger partial charge in [-0.1, -0.05) is 12.1 Å². The Labute approximate surface area is 122 Å². The zero-order chi connectivity index (χ0) is 15.4. The third-order valence-electron chi connectivity index (χ3n) is 3.09. The van der Waals surface area contributed by atoms with Crippen LogP contribution in [0.25, 0.3) is 0 Å². The van der Waals surface area contributed by atoms with Crippen molar-refractivity contribution in [2.75, 3.05) is 7.11 Å². The van der Waals surface area contributed by atoms with Crippen LogP contribution >= 0.6 is 0 Å². The van der Waals surface area contributed by atoms with E-state index in [2.05, 4.69) is 0 Å². The number of ether oxygens (including phenoxy) is 2. The van der Waals surface area contributed by atoms with E-state index in [4.69, 9.17) is 15.2 Å². The van der Waals surface area contributed by atoms with E-state index in [0.717, 1.165) is 17.7 Å². The zero-order valence-electron chi connectivity index (χ0n) is 11.9. The molecule has 1 atom stereocenters. The first-order chi connectivity index (χ1) is 10.0. The Morgan fingerprint density at radius 1 is 1.10 bits per heavy atom. The molecule has 0 amide bonds. The van der Waals surface area contributed by atoms with Crippen LogP contribution in [0.1, 0.15) is 24.1 Å². The number of hydrogen-bond acceptors (Lipinski definition) is 3. The second-order valence-electron chi connectivity index (χ2n) is 4.73. The summed E-state index contributed by atoms with van der Waals surface area (Å²) in [5.41, 5.74) is 7.24. The van der Waals surface area contributed by atoms with Gasteiger partial charge in [0.2, 0.25) is 0 Å². The van der Waals surface area contributed by atoms with Gasteiger partial charge in [-0.25, -0.2) is 8.78 Å². The van der Waals surface area contributed by atoms with E-state index in [1.54, 1.807) is 19.2 Å². The minimum absolute atomic E-state index is 0.115. The lowest BCUT2D eigenvalue weighted by atomic mass is 10.1. The van der Waals surface area contributed by atoms with Crippen LogP contribution in [0.4, 0.5) is 8.78 Å². The molecule has 2 aromatic carbocycles. The van der Waals surface area contributed by atoms with Crippen LogP contribution in [-0.4, -0.2) is 7.11 Å². The van der Waals surface area contributed by atoms with Crippen molar-refractivity contribution in [3.8, 4) is 11.5 Å². The molecule has 0 saturated heterocycles. The zero-order valence-corrected chi connectivity index (χ0v) is 11.9. The molecule has 0 aromatic heterocycles. The number of hydrogen-bond donors (Lipinski definition) is 1. The lowest BCUT2D eigenvalue weighted by molar-refractivity contribution is 0.298. The average molecular weight is 293 g/mol. The van der Waals surface area contributed by atoms with E-state index in [9.17, 15) is 8.78 Å². The van der Waals surface area contributed by atoms with Gasteiger partial charge in [-0.2, -0.15) is 0 Å². The summed E-state index contributed by atoms with van der Waals surface area (Å²) in [6.45, 7) is 1.95. The standard InChI is InChI=1S/C16H17F2NO2/c1-10(19)13-5-4-12(20-2)8-16(13)21-9-11-3-6-14(17)15(18)7-11/h3-8,10H,9,19H2,1-2H3/t10-/m1/s1.